The Kier molecular flexibility index (Phi) is 6.10. The molecule has 54 heavy (non-hydrogen) atoms. The number of rotatable bonds is 3. The zero-order valence-corrected chi connectivity index (χ0v) is 29.4. The van der Waals surface area contributed by atoms with E-state index < -0.39 is 5.41 Å². The maximum absolute atomic E-state index is 5.35. The molecule has 12 rings (SSSR count). The normalized spacial score (nSPS) is 18.5. The summed E-state index contributed by atoms with van der Waals surface area (Å²) in [5.74, 6) is 1.66. The lowest BCUT2D eigenvalue weighted by atomic mass is 9.70. The second kappa shape index (κ2) is 11.1. The van der Waals surface area contributed by atoms with Crippen molar-refractivity contribution >= 4 is 39.3 Å². The van der Waals surface area contributed by atoms with E-state index in [2.05, 4.69) is 181 Å². The molecule has 252 valence electrons. The third-order valence-corrected chi connectivity index (χ3v) is 12.1. The number of hydrogen-bond acceptors (Lipinski definition) is 3. The van der Waals surface area contributed by atoms with E-state index in [1.807, 2.05) is 0 Å². The molecule has 2 atom stereocenters. The Morgan fingerprint density at radius 3 is 1.94 bits per heavy atom. The minimum atomic E-state index is -0.464. The van der Waals surface area contributed by atoms with Crippen molar-refractivity contribution in [3.63, 3.8) is 0 Å². The molecule has 4 aliphatic rings. The quantitative estimate of drug-likeness (QED) is 0.197. The van der Waals surface area contributed by atoms with E-state index in [1.54, 1.807) is 0 Å². The van der Waals surface area contributed by atoms with Crippen molar-refractivity contribution in [2.45, 2.75) is 18.0 Å². The van der Waals surface area contributed by atoms with Gasteiger partial charge in [0.15, 0.2) is 6.17 Å². The van der Waals surface area contributed by atoms with Crippen molar-refractivity contribution in [1.82, 2.24) is 5.32 Å². The average molecular weight is 688 g/mol. The highest BCUT2D eigenvalue weighted by Crippen LogP contribution is 2.63. The van der Waals surface area contributed by atoms with E-state index in [4.69, 9.17) is 9.98 Å². The summed E-state index contributed by atoms with van der Waals surface area (Å²) < 4.78 is 0. The maximum Gasteiger partial charge on any atom is 0.169 e. The molecule has 8 aromatic rings. The van der Waals surface area contributed by atoms with Crippen molar-refractivity contribution in [1.29, 1.82) is 0 Å². The molecule has 1 N–H and O–H groups in total. The van der Waals surface area contributed by atoms with E-state index >= 15 is 0 Å². The van der Waals surface area contributed by atoms with Crippen LogP contribution in [0.4, 0.5) is 0 Å². The minimum absolute atomic E-state index is 0.384. The van der Waals surface area contributed by atoms with Crippen molar-refractivity contribution in [2.75, 3.05) is 0 Å². The van der Waals surface area contributed by atoms with Crippen molar-refractivity contribution < 1.29 is 0 Å². The summed E-state index contributed by atoms with van der Waals surface area (Å²) in [6, 6.07) is 60.2. The number of benzene rings is 8. The third kappa shape index (κ3) is 4.07. The molecule has 8 aromatic carbocycles. The molecule has 1 spiro atoms. The highest BCUT2D eigenvalue weighted by Gasteiger charge is 2.51. The van der Waals surface area contributed by atoms with Gasteiger partial charge in [0.2, 0.25) is 0 Å². The first kappa shape index (κ1) is 29.7. The number of nitrogens with zero attached hydrogens (tertiary/aromatic N) is 2. The number of hydrogen-bond donors (Lipinski definition) is 1. The van der Waals surface area contributed by atoms with Crippen LogP contribution in [-0.2, 0) is 11.8 Å². The number of amidine groups is 2. The first-order chi connectivity index (χ1) is 26.7. The van der Waals surface area contributed by atoms with Gasteiger partial charge in [-0.1, -0.05) is 146 Å². The van der Waals surface area contributed by atoms with Gasteiger partial charge in [-0.05, 0) is 119 Å². The predicted octanol–water partition coefficient (Wildman–Crippen LogP) is 11.4. The largest absolute Gasteiger partial charge is 0.324 e. The van der Waals surface area contributed by atoms with E-state index in [1.165, 1.54) is 77.2 Å². The summed E-state index contributed by atoms with van der Waals surface area (Å²) >= 11 is 0. The summed E-state index contributed by atoms with van der Waals surface area (Å²) in [6.45, 7) is 0. The molecule has 0 amide bonds. The topological polar surface area (TPSA) is 36.8 Å². The fraction of sp³-hybridized carbons (Fsp3) is 0.0588. The number of nitrogens with one attached hydrogen (secondary N) is 1. The molecular formula is C51H33N3. The van der Waals surface area contributed by atoms with Gasteiger partial charge >= 0.3 is 0 Å². The van der Waals surface area contributed by atoms with Gasteiger partial charge in [0.05, 0.1) is 5.41 Å². The lowest BCUT2D eigenvalue weighted by Gasteiger charge is -2.31. The fourth-order valence-corrected chi connectivity index (χ4v) is 9.78. The number of aliphatic imine (C=N–C) groups is 2. The zero-order valence-electron chi connectivity index (χ0n) is 29.4. The van der Waals surface area contributed by atoms with Gasteiger partial charge in [0, 0.05) is 11.1 Å². The smallest absolute Gasteiger partial charge is 0.169 e. The summed E-state index contributed by atoms with van der Waals surface area (Å²) in [7, 11) is 0. The van der Waals surface area contributed by atoms with Crippen LogP contribution in [0.5, 0.6) is 0 Å². The van der Waals surface area contributed by atoms with Gasteiger partial charge in [0.1, 0.15) is 11.7 Å². The molecule has 0 aromatic heterocycles. The molecular weight excluding hydrogens is 655 g/mol. The van der Waals surface area contributed by atoms with Crippen molar-refractivity contribution in [3.8, 4) is 22.3 Å². The lowest BCUT2D eigenvalue weighted by molar-refractivity contribution is 0.755. The van der Waals surface area contributed by atoms with Crippen LogP contribution in [0.1, 0.15) is 56.2 Å². The molecule has 3 heteroatoms. The standard InChI is InChI=1S/C51H33N3/c1-2-12-32(13-3-1)48-52-49(54-50(53-48)38-26-35-18-10-16-31-17-11-19-36(27-38)47(31)35)37-24-25-41-39-20-6-8-22-43(39)51(45(41)30-37)44-23-9-7-21-40(44)42-28-33-14-4-5-15-34(33)29-46(42)51/h1-16,18-30,48H,17H2,(H,52,53,54). The second-order valence-corrected chi connectivity index (χ2v) is 14.9. The van der Waals surface area contributed by atoms with Gasteiger partial charge in [-0.3, -0.25) is 0 Å². The monoisotopic (exact) mass is 687 g/mol. The van der Waals surface area contributed by atoms with E-state index in [-0.39, 0.29) is 6.17 Å². The molecule has 1 aliphatic heterocycles. The highest BCUT2D eigenvalue weighted by atomic mass is 15.2. The second-order valence-electron chi connectivity index (χ2n) is 14.9. The van der Waals surface area contributed by atoms with Crippen LogP contribution in [0.25, 0.3) is 49.9 Å². The molecule has 0 fully saturated rings. The van der Waals surface area contributed by atoms with Gasteiger partial charge < -0.3 is 5.32 Å². The van der Waals surface area contributed by atoms with Crippen LogP contribution in [0.3, 0.4) is 0 Å². The maximum atomic E-state index is 5.35. The Morgan fingerprint density at radius 2 is 1.13 bits per heavy atom. The molecule has 3 nitrogen and oxygen atoms in total. The van der Waals surface area contributed by atoms with Crippen LogP contribution in [0.2, 0.25) is 0 Å². The van der Waals surface area contributed by atoms with Crippen molar-refractivity contribution in [3.05, 3.63) is 220 Å². The van der Waals surface area contributed by atoms with Crippen LogP contribution in [0, 0.1) is 0 Å². The van der Waals surface area contributed by atoms with Gasteiger partial charge in [0.25, 0.3) is 0 Å². The van der Waals surface area contributed by atoms with E-state index in [0.717, 1.165) is 34.8 Å². The SMILES string of the molecule is C1=Cc2cc(C3=NC(c4ccccc4)N=C(c4ccc5c(c4)C4(c6ccccc6-5)c5ccccc5-c5cc6ccccc6cc54)N3)cc3cccc(c23)C1. The van der Waals surface area contributed by atoms with Crippen molar-refractivity contribution in [2.24, 2.45) is 9.98 Å². The van der Waals surface area contributed by atoms with Gasteiger partial charge in [-0.15, -0.1) is 0 Å². The Balaban J connectivity index is 1.07. The Labute approximate surface area is 313 Å². The summed E-state index contributed by atoms with van der Waals surface area (Å²) in [5.41, 5.74) is 15.8. The Bertz CT molecular complexity index is 3000. The molecule has 0 radical (unpaired) electrons. The van der Waals surface area contributed by atoms with Crippen LogP contribution < -0.4 is 5.32 Å². The minimum Gasteiger partial charge on any atom is -0.324 e. The molecule has 0 saturated heterocycles. The Morgan fingerprint density at radius 1 is 0.481 bits per heavy atom. The molecule has 0 saturated carbocycles. The first-order valence-corrected chi connectivity index (χ1v) is 18.8. The van der Waals surface area contributed by atoms with Crippen LogP contribution in [-0.4, -0.2) is 11.7 Å². The Hall–Kier alpha value is -6.84. The lowest BCUT2D eigenvalue weighted by Crippen LogP contribution is -2.36. The highest BCUT2D eigenvalue weighted by molar-refractivity contribution is 6.17. The number of fused-ring (bicyclic) bond motifs is 11. The summed E-state index contributed by atoms with van der Waals surface area (Å²) in [6.07, 6.45) is 5.09. The average Bonchev–Trinajstić information content (AvgIpc) is 3.69. The first-order valence-electron chi connectivity index (χ1n) is 18.8. The summed E-state index contributed by atoms with van der Waals surface area (Å²) in [5, 5.41) is 8.85. The van der Waals surface area contributed by atoms with Crippen LogP contribution in [0.15, 0.2) is 180 Å². The van der Waals surface area contributed by atoms with E-state index in [0.29, 0.717) is 0 Å². The predicted molar refractivity (Wildman–Crippen MR) is 222 cm³/mol. The van der Waals surface area contributed by atoms with Gasteiger partial charge in [-0.25, -0.2) is 9.98 Å². The summed E-state index contributed by atoms with van der Waals surface area (Å²) in [4.78, 5) is 10.6. The van der Waals surface area contributed by atoms with Crippen LogP contribution >= 0.6 is 0 Å². The third-order valence-electron chi connectivity index (χ3n) is 12.1. The molecule has 2 unspecified atom stereocenters. The fourth-order valence-electron chi connectivity index (χ4n) is 9.78. The molecule has 3 aliphatic carbocycles. The molecule has 1 heterocycles. The molecule has 0 bridgehead atoms. The van der Waals surface area contributed by atoms with Gasteiger partial charge in [-0.2, -0.15) is 0 Å². The zero-order chi connectivity index (χ0) is 35.4. The number of allylic oxidation sites excluding steroid dienone is 1. The van der Waals surface area contributed by atoms with E-state index in [9.17, 15) is 0 Å².